The fourth-order valence-electron chi connectivity index (χ4n) is 6.13. The summed E-state index contributed by atoms with van der Waals surface area (Å²) >= 11 is 0. The second kappa shape index (κ2) is 12.1. The van der Waals surface area contributed by atoms with Crippen LogP contribution in [0.1, 0.15) is 52.7 Å². The van der Waals surface area contributed by atoms with Gasteiger partial charge in [0.05, 0.1) is 41.2 Å². The number of H-pyrrole nitrogens is 2. The number of aryl methyl sites for hydroxylation is 1. The van der Waals surface area contributed by atoms with Crippen molar-refractivity contribution in [1.82, 2.24) is 35.4 Å². The molecule has 0 bridgehead atoms. The van der Waals surface area contributed by atoms with E-state index in [-0.39, 0.29) is 6.04 Å². The minimum absolute atomic E-state index is 0.262. The van der Waals surface area contributed by atoms with E-state index in [2.05, 4.69) is 104 Å². The van der Waals surface area contributed by atoms with Crippen molar-refractivity contribution in [2.24, 2.45) is 0 Å². The molecule has 0 amide bonds. The van der Waals surface area contributed by atoms with Crippen LogP contribution >= 0.6 is 0 Å². The second-order valence-electron chi connectivity index (χ2n) is 11.1. The van der Waals surface area contributed by atoms with Gasteiger partial charge in [-0.05, 0) is 59.7 Å². The van der Waals surface area contributed by atoms with Crippen molar-refractivity contribution in [3.63, 3.8) is 0 Å². The maximum atomic E-state index is 4.91. The van der Waals surface area contributed by atoms with Crippen LogP contribution in [0.2, 0.25) is 0 Å². The predicted molar refractivity (Wildman–Crippen MR) is 166 cm³/mol. The van der Waals surface area contributed by atoms with Crippen molar-refractivity contribution < 1.29 is 0 Å². The number of pyridine rings is 1. The van der Waals surface area contributed by atoms with Gasteiger partial charge in [-0.25, -0.2) is 4.98 Å². The largest absolute Gasteiger partial charge is 0.341 e. The predicted octanol–water partition coefficient (Wildman–Crippen LogP) is 6.72. The number of nitrogens with one attached hydrogen (secondary N) is 3. The summed E-state index contributed by atoms with van der Waals surface area (Å²) in [5.74, 6) is 0.995. The van der Waals surface area contributed by atoms with Crippen molar-refractivity contribution in [1.29, 1.82) is 0 Å². The van der Waals surface area contributed by atoms with Gasteiger partial charge in [-0.1, -0.05) is 72.8 Å². The zero-order valence-corrected chi connectivity index (χ0v) is 23.6. The molecule has 6 aromatic rings. The van der Waals surface area contributed by atoms with Crippen molar-refractivity contribution in [2.75, 3.05) is 0 Å². The summed E-state index contributed by atoms with van der Waals surface area (Å²) in [4.78, 5) is 15.8. The van der Waals surface area contributed by atoms with Crippen LogP contribution in [0.25, 0.3) is 22.3 Å². The Labute approximate surface area is 246 Å². The maximum Gasteiger partial charge on any atom is 0.121 e. The molecule has 3 N–H and O–H groups in total. The average Bonchev–Trinajstić information content (AvgIpc) is 3.68. The molecule has 42 heavy (non-hydrogen) atoms. The number of imidazole rings is 1. The number of aromatic nitrogens is 5. The molecule has 1 atom stereocenters. The number of hydrogen-bond donors (Lipinski definition) is 3. The third kappa shape index (κ3) is 5.75. The van der Waals surface area contributed by atoms with Crippen LogP contribution in [-0.4, -0.2) is 30.0 Å². The monoisotopic (exact) mass is 553 g/mol. The highest BCUT2D eigenvalue weighted by molar-refractivity contribution is 5.74. The number of benzene rings is 3. The number of para-hydroxylation sites is 2. The molecule has 0 saturated carbocycles. The Hall–Kier alpha value is -4.59. The van der Waals surface area contributed by atoms with Crippen LogP contribution in [0, 0.1) is 0 Å². The van der Waals surface area contributed by atoms with E-state index in [1.807, 2.05) is 24.5 Å². The van der Waals surface area contributed by atoms with Gasteiger partial charge in [0.1, 0.15) is 5.82 Å². The van der Waals surface area contributed by atoms with Crippen molar-refractivity contribution in [3.05, 3.63) is 137 Å². The maximum absolute atomic E-state index is 4.91. The molecule has 1 aliphatic rings. The Kier molecular flexibility index (Phi) is 7.59. The summed E-state index contributed by atoms with van der Waals surface area (Å²) in [6.07, 6.45) is 7.22. The summed E-state index contributed by atoms with van der Waals surface area (Å²) < 4.78 is 0. The van der Waals surface area contributed by atoms with Crippen LogP contribution < -0.4 is 5.32 Å². The Morgan fingerprint density at radius 1 is 0.833 bits per heavy atom. The molecule has 1 aliphatic carbocycles. The lowest BCUT2D eigenvalue weighted by Gasteiger charge is -2.34. The number of nitrogens with zero attached hydrogens (tertiary/aromatic N) is 4. The SMILES string of the molecule is c1ccc(-c2[nH]ncc2CNCc2ccc(CN(Cc3nc4ccccc4[nH]3)C3CCCc4cccnc43)cc2)cc1. The number of fused-ring (bicyclic) bond motifs is 2. The lowest BCUT2D eigenvalue weighted by atomic mass is 9.90. The van der Waals surface area contributed by atoms with Gasteiger partial charge < -0.3 is 10.3 Å². The molecule has 0 saturated heterocycles. The van der Waals surface area contributed by atoms with E-state index in [0.29, 0.717) is 0 Å². The van der Waals surface area contributed by atoms with Gasteiger partial charge in [-0.3, -0.25) is 15.0 Å². The van der Waals surface area contributed by atoms with Crippen molar-refractivity contribution in [2.45, 2.75) is 51.5 Å². The fourth-order valence-corrected chi connectivity index (χ4v) is 6.13. The first-order valence-electron chi connectivity index (χ1n) is 14.8. The number of aromatic amines is 2. The zero-order chi connectivity index (χ0) is 28.1. The van der Waals surface area contributed by atoms with Gasteiger partial charge in [0.15, 0.2) is 0 Å². The van der Waals surface area contributed by atoms with E-state index in [0.717, 1.165) is 67.1 Å². The second-order valence-corrected chi connectivity index (χ2v) is 11.1. The molecule has 0 fully saturated rings. The van der Waals surface area contributed by atoms with E-state index in [1.54, 1.807) is 0 Å². The molecular weight excluding hydrogens is 518 g/mol. The Morgan fingerprint density at radius 3 is 2.55 bits per heavy atom. The zero-order valence-electron chi connectivity index (χ0n) is 23.6. The summed E-state index contributed by atoms with van der Waals surface area (Å²) in [5, 5.41) is 11.0. The molecule has 0 spiro atoms. The lowest BCUT2D eigenvalue weighted by molar-refractivity contribution is 0.153. The van der Waals surface area contributed by atoms with Gasteiger partial charge in [0.25, 0.3) is 0 Å². The third-order valence-electron chi connectivity index (χ3n) is 8.23. The van der Waals surface area contributed by atoms with E-state index in [9.17, 15) is 0 Å². The first-order chi connectivity index (χ1) is 20.8. The van der Waals surface area contributed by atoms with Crippen LogP contribution in [-0.2, 0) is 32.6 Å². The summed E-state index contributed by atoms with van der Waals surface area (Å²) in [5.41, 5.74) is 10.6. The van der Waals surface area contributed by atoms with Gasteiger partial charge >= 0.3 is 0 Å². The topological polar surface area (TPSA) is 85.5 Å². The Balaban J connectivity index is 1.05. The Morgan fingerprint density at radius 2 is 1.67 bits per heavy atom. The van der Waals surface area contributed by atoms with Crippen LogP contribution in [0.5, 0.6) is 0 Å². The minimum Gasteiger partial charge on any atom is -0.341 e. The lowest BCUT2D eigenvalue weighted by Crippen LogP contribution is -2.31. The highest BCUT2D eigenvalue weighted by Gasteiger charge is 2.28. The van der Waals surface area contributed by atoms with Crippen LogP contribution in [0.3, 0.4) is 0 Å². The van der Waals surface area contributed by atoms with Gasteiger partial charge in [-0.2, -0.15) is 5.10 Å². The Bertz CT molecular complexity index is 1720. The van der Waals surface area contributed by atoms with Crippen molar-refractivity contribution in [3.8, 4) is 11.3 Å². The molecule has 7 heteroatoms. The highest BCUT2D eigenvalue weighted by atomic mass is 15.2. The molecule has 3 aromatic heterocycles. The molecule has 7 nitrogen and oxygen atoms in total. The minimum atomic E-state index is 0.262. The van der Waals surface area contributed by atoms with E-state index in [4.69, 9.17) is 9.97 Å². The van der Waals surface area contributed by atoms with Crippen molar-refractivity contribution >= 4 is 11.0 Å². The normalized spacial score (nSPS) is 14.8. The highest BCUT2D eigenvalue weighted by Crippen LogP contribution is 2.34. The van der Waals surface area contributed by atoms with Gasteiger partial charge in [0.2, 0.25) is 0 Å². The van der Waals surface area contributed by atoms with Crippen LogP contribution in [0.4, 0.5) is 0 Å². The quantitative estimate of drug-likeness (QED) is 0.175. The van der Waals surface area contributed by atoms with E-state index < -0.39 is 0 Å². The standard InChI is InChI=1S/C35H35N7/c1-2-8-27(9-3-1)34-29(22-38-41-34)21-36-20-25-15-17-26(18-16-25)23-42(24-33-39-30-12-4-5-13-31(30)40-33)32-14-6-10-28-11-7-19-37-35(28)32/h1-5,7-9,11-13,15-19,22,32,36H,6,10,14,20-21,23-24H2,(H,38,41)(H,39,40). The van der Waals surface area contributed by atoms with Gasteiger partial charge in [0, 0.05) is 31.4 Å². The number of rotatable bonds is 10. The van der Waals surface area contributed by atoms with Gasteiger partial charge in [-0.15, -0.1) is 0 Å². The summed E-state index contributed by atoms with van der Waals surface area (Å²) in [6.45, 7) is 3.12. The molecule has 3 heterocycles. The van der Waals surface area contributed by atoms with E-state index >= 15 is 0 Å². The first kappa shape index (κ1) is 26.3. The summed E-state index contributed by atoms with van der Waals surface area (Å²) in [7, 11) is 0. The molecule has 3 aromatic carbocycles. The summed E-state index contributed by atoms with van der Waals surface area (Å²) in [6, 6.07) is 32.2. The van der Waals surface area contributed by atoms with E-state index in [1.165, 1.54) is 34.4 Å². The molecule has 0 aliphatic heterocycles. The average molecular weight is 554 g/mol. The number of hydrogen-bond acceptors (Lipinski definition) is 5. The molecule has 0 radical (unpaired) electrons. The van der Waals surface area contributed by atoms with Crippen LogP contribution in [0.15, 0.2) is 103 Å². The molecular formula is C35H35N7. The smallest absolute Gasteiger partial charge is 0.121 e. The molecule has 210 valence electrons. The molecule has 7 rings (SSSR count). The molecule has 1 unspecified atom stereocenters. The third-order valence-corrected chi connectivity index (χ3v) is 8.23. The first-order valence-corrected chi connectivity index (χ1v) is 14.8. The fraction of sp³-hybridized carbons (Fsp3) is 0.229.